The lowest BCUT2D eigenvalue weighted by Crippen LogP contribution is -2.31. The second kappa shape index (κ2) is 12.2. The standard InChI is InChI=1S/C22H30Cl2N2O2/c1-4-26(5-2)12-11-25-15-18-13-20(24)22(21(14-18)27-6-3)28-16-17-7-9-19(23)10-8-17/h7-10,13-14,25H,4-6,11-12,15-16H2,1-3H3. The first-order valence-electron chi connectivity index (χ1n) is 9.82. The van der Waals surface area contributed by atoms with Gasteiger partial charge in [-0.05, 0) is 55.4 Å². The lowest BCUT2D eigenvalue weighted by Gasteiger charge is -2.18. The molecule has 0 aliphatic carbocycles. The Morgan fingerprint density at radius 2 is 1.64 bits per heavy atom. The number of ether oxygens (including phenoxy) is 2. The van der Waals surface area contributed by atoms with E-state index in [2.05, 4.69) is 24.1 Å². The summed E-state index contributed by atoms with van der Waals surface area (Å²) >= 11 is 12.4. The van der Waals surface area contributed by atoms with Crippen LogP contribution in [-0.2, 0) is 13.2 Å². The van der Waals surface area contributed by atoms with Gasteiger partial charge in [0, 0.05) is 24.7 Å². The van der Waals surface area contributed by atoms with E-state index in [9.17, 15) is 0 Å². The van der Waals surface area contributed by atoms with E-state index in [1.165, 1.54) is 0 Å². The SMILES string of the molecule is CCOc1cc(CNCCN(CC)CC)cc(Cl)c1OCc1ccc(Cl)cc1. The fourth-order valence-corrected chi connectivity index (χ4v) is 3.29. The molecular weight excluding hydrogens is 395 g/mol. The summed E-state index contributed by atoms with van der Waals surface area (Å²) in [7, 11) is 0. The van der Waals surface area contributed by atoms with E-state index in [1.807, 2.05) is 43.3 Å². The van der Waals surface area contributed by atoms with Crippen LogP contribution in [-0.4, -0.2) is 37.7 Å². The van der Waals surface area contributed by atoms with E-state index in [1.54, 1.807) is 0 Å². The smallest absolute Gasteiger partial charge is 0.180 e. The molecular formula is C22H30Cl2N2O2. The Kier molecular flexibility index (Phi) is 9.93. The summed E-state index contributed by atoms with van der Waals surface area (Å²) < 4.78 is 11.7. The van der Waals surface area contributed by atoms with Gasteiger partial charge in [-0.3, -0.25) is 0 Å². The molecule has 6 heteroatoms. The van der Waals surface area contributed by atoms with Crippen molar-refractivity contribution in [3.8, 4) is 11.5 Å². The fraction of sp³-hybridized carbons (Fsp3) is 0.455. The normalized spacial score (nSPS) is 11.1. The highest BCUT2D eigenvalue weighted by Crippen LogP contribution is 2.37. The molecule has 154 valence electrons. The van der Waals surface area contributed by atoms with Gasteiger partial charge in [0.25, 0.3) is 0 Å². The predicted octanol–water partition coefficient (Wildman–Crippen LogP) is 5.40. The molecule has 0 saturated heterocycles. The molecule has 1 N–H and O–H groups in total. The number of nitrogens with one attached hydrogen (secondary N) is 1. The van der Waals surface area contributed by atoms with Gasteiger partial charge in [-0.1, -0.05) is 49.2 Å². The van der Waals surface area contributed by atoms with Crippen LogP contribution in [0.4, 0.5) is 0 Å². The van der Waals surface area contributed by atoms with Crippen molar-refractivity contribution in [3.63, 3.8) is 0 Å². The Morgan fingerprint density at radius 1 is 0.929 bits per heavy atom. The highest BCUT2D eigenvalue weighted by Gasteiger charge is 2.13. The molecule has 2 rings (SSSR count). The van der Waals surface area contributed by atoms with E-state index in [0.29, 0.717) is 34.8 Å². The van der Waals surface area contributed by atoms with Crippen LogP contribution in [0.3, 0.4) is 0 Å². The lowest BCUT2D eigenvalue weighted by atomic mass is 10.2. The molecule has 0 aromatic heterocycles. The van der Waals surface area contributed by atoms with Crippen molar-refractivity contribution in [2.45, 2.75) is 33.9 Å². The zero-order valence-electron chi connectivity index (χ0n) is 16.9. The molecule has 0 aliphatic heterocycles. The summed E-state index contributed by atoms with van der Waals surface area (Å²) in [6, 6.07) is 11.5. The Hall–Kier alpha value is -1.46. The van der Waals surface area contributed by atoms with Crippen LogP contribution in [0.15, 0.2) is 36.4 Å². The van der Waals surface area contributed by atoms with Gasteiger partial charge in [-0.15, -0.1) is 0 Å². The minimum atomic E-state index is 0.401. The van der Waals surface area contributed by atoms with E-state index < -0.39 is 0 Å². The Bertz CT molecular complexity index is 719. The lowest BCUT2D eigenvalue weighted by molar-refractivity contribution is 0.269. The second-order valence-corrected chi connectivity index (χ2v) is 7.30. The van der Waals surface area contributed by atoms with Gasteiger partial charge in [0.05, 0.1) is 11.6 Å². The third kappa shape index (κ3) is 7.17. The molecule has 0 saturated carbocycles. The molecule has 0 spiro atoms. The van der Waals surface area contributed by atoms with Gasteiger partial charge in [0.2, 0.25) is 0 Å². The number of rotatable bonds is 12. The Labute approximate surface area is 178 Å². The van der Waals surface area contributed by atoms with Crippen LogP contribution in [0.2, 0.25) is 10.0 Å². The average Bonchev–Trinajstić information content (AvgIpc) is 2.69. The van der Waals surface area contributed by atoms with Gasteiger partial charge in [0.1, 0.15) is 6.61 Å². The highest BCUT2D eigenvalue weighted by molar-refractivity contribution is 6.32. The van der Waals surface area contributed by atoms with Crippen molar-refractivity contribution >= 4 is 23.2 Å². The summed E-state index contributed by atoms with van der Waals surface area (Å²) in [5, 5.41) is 4.73. The van der Waals surface area contributed by atoms with Crippen molar-refractivity contribution in [1.29, 1.82) is 0 Å². The molecule has 28 heavy (non-hydrogen) atoms. The average molecular weight is 425 g/mol. The number of hydrogen-bond donors (Lipinski definition) is 1. The fourth-order valence-electron chi connectivity index (χ4n) is 2.87. The summed E-state index contributed by atoms with van der Waals surface area (Å²) in [5.74, 6) is 1.25. The molecule has 0 amide bonds. The first-order valence-corrected chi connectivity index (χ1v) is 10.6. The Balaban J connectivity index is 2.00. The maximum atomic E-state index is 6.51. The topological polar surface area (TPSA) is 33.7 Å². The molecule has 0 aliphatic rings. The predicted molar refractivity (Wildman–Crippen MR) is 118 cm³/mol. The van der Waals surface area contributed by atoms with Crippen LogP contribution in [0.1, 0.15) is 31.9 Å². The zero-order chi connectivity index (χ0) is 20.4. The minimum Gasteiger partial charge on any atom is -0.490 e. The number of hydrogen-bond acceptors (Lipinski definition) is 4. The third-order valence-electron chi connectivity index (χ3n) is 4.49. The molecule has 4 nitrogen and oxygen atoms in total. The van der Waals surface area contributed by atoms with Crippen molar-refractivity contribution in [2.24, 2.45) is 0 Å². The van der Waals surface area contributed by atoms with Gasteiger partial charge in [-0.25, -0.2) is 0 Å². The zero-order valence-corrected chi connectivity index (χ0v) is 18.4. The largest absolute Gasteiger partial charge is 0.490 e. The maximum absolute atomic E-state index is 6.51. The Morgan fingerprint density at radius 3 is 2.29 bits per heavy atom. The number of likely N-dealkylation sites (N-methyl/N-ethyl adjacent to an activating group) is 1. The van der Waals surface area contributed by atoms with E-state index >= 15 is 0 Å². The number of halogens is 2. The second-order valence-electron chi connectivity index (χ2n) is 6.46. The van der Waals surface area contributed by atoms with E-state index in [0.717, 1.165) is 43.9 Å². The van der Waals surface area contributed by atoms with E-state index in [-0.39, 0.29) is 0 Å². The van der Waals surface area contributed by atoms with Crippen molar-refractivity contribution in [2.75, 3.05) is 32.8 Å². The molecule has 0 fully saturated rings. The molecule has 0 heterocycles. The summed E-state index contributed by atoms with van der Waals surface area (Å²) in [4.78, 5) is 2.39. The molecule has 0 atom stereocenters. The number of benzene rings is 2. The van der Waals surface area contributed by atoms with Crippen molar-refractivity contribution < 1.29 is 9.47 Å². The molecule has 2 aromatic rings. The van der Waals surface area contributed by atoms with Gasteiger partial charge >= 0.3 is 0 Å². The maximum Gasteiger partial charge on any atom is 0.180 e. The van der Waals surface area contributed by atoms with Crippen LogP contribution >= 0.6 is 23.2 Å². The van der Waals surface area contributed by atoms with Crippen molar-refractivity contribution in [3.05, 3.63) is 57.6 Å². The third-order valence-corrected chi connectivity index (χ3v) is 5.03. The quantitative estimate of drug-likeness (QED) is 0.462. The number of nitrogens with zero attached hydrogens (tertiary/aromatic N) is 1. The van der Waals surface area contributed by atoms with Crippen LogP contribution in [0.25, 0.3) is 0 Å². The monoisotopic (exact) mass is 424 g/mol. The molecule has 0 bridgehead atoms. The van der Waals surface area contributed by atoms with Crippen molar-refractivity contribution in [1.82, 2.24) is 10.2 Å². The summed E-state index contributed by atoms with van der Waals surface area (Å²) in [6.07, 6.45) is 0. The summed E-state index contributed by atoms with van der Waals surface area (Å²) in [5.41, 5.74) is 2.09. The van der Waals surface area contributed by atoms with Crippen LogP contribution in [0.5, 0.6) is 11.5 Å². The van der Waals surface area contributed by atoms with E-state index in [4.69, 9.17) is 32.7 Å². The summed E-state index contributed by atoms with van der Waals surface area (Å²) in [6.45, 7) is 12.1. The first-order chi connectivity index (χ1) is 13.6. The van der Waals surface area contributed by atoms with Gasteiger partial charge in [-0.2, -0.15) is 0 Å². The first kappa shape index (κ1) is 22.8. The highest BCUT2D eigenvalue weighted by atomic mass is 35.5. The minimum absolute atomic E-state index is 0.401. The molecule has 0 unspecified atom stereocenters. The van der Waals surface area contributed by atoms with Gasteiger partial charge < -0.3 is 19.7 Å². The van der Waals surface area contributed by atoms with Crippen LogP contribution in [0, 0.1) is 0 Å². The van der Waals surface area contributed by atoms with Crippen LogP contribution < -0.4 is 14.8 Å². The van der Waals surface area contributed by atoms with Gasteiger partial charge in [0.15, 0.2) is 11.5 Å². The molecule has 2 aromatic carbocycles. The molecule has 0 radical (unpaired) electrons.